The highest BCUT2D eigenvalue weighted by Crippen LogP contribution is 2.30. The van der Waals surface area contributed by atoms with Crippen molar-refractivity contribution in [3.63, 3.8) is 0 Å². The van der Waals surface area contributed by atoms with Gasteiger partial charge in [-0.1, -0.05) is 38.8 Å². The summed E-state index contributed by atoms with van der Waals surface area (Å²) in [6, 6.07) is 7.54. The summed E-state index contributed by atoms with van der Waals surface area (Å²) in [6.07, 6.45) is 2.44. The van der Waals surface area contributed by atoms with Gasteiger partial charge in [0.25, 0.3) is 0 Å². The molecule has 0 bridgehead atoms. The van der Waals surface area contributed by atoms with Crippen LogP contribution >= 0.6 is 11.8 Å². The third-order valence-corrected chi connectivity index (χ3v) is 3.79. The van der Waals surface area contributed by atoms with Crippen molar-refractivity contribution in [1.29, 1.82) is 0 Å². The third-order valence-electron chi connectivity index (χ3n) is 2.49. The second-order valence-electron chi connectivity index (χ2n) is 3.46. The normalized spacial score (nSPS) is 10.8. The van der Waals surface area contributed by atoms with Crippen LogP contribution in [0.25, 0.3) is 0 Å². The molecule has 0 heterocycles. The molecule has 0 atom stereocenters. The number of thioether (sulfide) groups is 1. The van der Waals surface area contributed by atoms with Crippen LogP contribution in [-0.4, -0.2) is 10.9 Å². The molecule has 1 rings (SSSR count). The van der Waals surface area contributed by atoms with Crippen molar-refractivity contribution < 1.29 is 5.11 Å². The average Bonchev–Trinajstić information content (AvgIpc) is 2.22. The fraction of sp³-hybridized carbons (Fsp3) is 0.500. The van der Waals surface area contributed by atoms with E-state index in [-0.39, 0.29) is 0 Å². The zero-order chi connectivity index (χ0) is 10.4. The van der Waals surface area contributed by atoms with Gasteiger partial charge < -0.3 is 5.11 Å². The molecule has 0 spiro atoms. The summed E-state index contributed by atoms with van der Waals surface area (Å²) in [4.78, 5) is 0.999. The highest BCUT2D eigenvalue weighted by atomic mass is 32.2. The number of rotatable bonds is 5. The summed E-state index contributed by atoms with van der Waals surface area (Å²) in [5, 5.41) is 9.55. The first-order chi connectivity index (χ1) is 6.77. The zero-order valence-electron chi connectivity index (χ0n) is 8.86. The van der Waals surface area contributed by atoms with Crippen LogP contribution in [0.5, 0.6) is 5.75 Å². The molecule has 1 aromatic carbocycles. The lowest BCUT2D eigenvalue weighted by Gasteiger charge is -2.11. The van der Waals surface area contributed by atoms with Crippen LogP contribution in [0.3, 0.4) is 0 Å². The van der Waals surface area contributed by atoms with E-state index in [0.29, 0.717) is 5.75 Å². The molecule has 0 aromatic heterocycles. The van der Waals surface area contributed by atoms with Gasteiger partial charge in [0.05, 0.1) is 0 Å². The molecular weight excluding hydrogens is 192 g/mol. The van der Waals surface area contributed by atoms with Gasteiger partial charge in [-0.2, -0.15) is 0 Å². The second-order valence-corrected chi connectivity index (χ2v) is 4.52. The molecule has 14 heavy (non-hydrogen) atoms. The number of benzene rings is 1. The van der Waals surface area contributed by atoms with E-state index in [1.807, 2.05) is 18.2 Å². The Morgan fingerprint density at radius 1 is 1.21 bits per heavy atom. The smallest absolute Gasteiger partial charge is 0.129 e. The minimum atomic E-state index is 0.406. The Morgan fingerprint density at radius 3 is 2.43 bits per heavy atom. The van der Waals surface area contributed by atoms with E-state index in [4.69, 9.17) is 0 Å². The average molecular weight is 210 g/mol. The van der Waals surface area contributed by atoms with Gasteiger partial charge in [0.15, 0.2) is 0 Å². The minimum Gasteiger partial charge on any atom is -0.507 e. The molecule has 0 amide bonds. The van der Waals surface area contributed by atoms with Gasteiger partial charge in [-0.25, -0.2) is 0 Å². The largest absolute Gasteiger partial charge is 0.507 e. The highest BCUT2D eigenvalue weighted by Gasteiger charge is 2.06. The van der Waals surface area contributed by atoms with Crippen molar-refractivity contribution in [3.8, 4) is 5.75 Å². The van der Waals surface area contributed by atoms with E-state index in [0.717, 1.165) is 16.6 Å². The number of hydrogen-bond donors (Lipinski definition) is 1. The Hall–Kier alpha value is -0.630. The van der Waals surface area contributed by atoms with Gasteiger partial charge in [0, 0.05) is 10.6 Å². The van der Waals surface area contributed by atoms with Crippen LogP contribution in [-0.2, 0) is 0 Å². The first kappa shape index (κ1) is 11.4. The molecule has 2 heteroatoms. The Labute approximate surface area is 90.5 Å². The predicted molar refractivity (Wildman–Crippen MR) is 62.9 cm³/mol. The van der Waals surface area contributed by atoms with E-state index in [1.165, 1.54) is 12.8 Å². The Morgan fingerprint density at radius 2 is 1.86 bits per heavy atom. The molecule has 0 radical (unpaired) electrons. The summed E-state index contributed by atoms with van der Waals surface area (Å²) in [6.45, 7) is 4.44. The zero-order valence-corrected chi connectivity index (χ0v) is 9.68. The van der Waals surface area contributed by atoms with Crippen LogP contribution in [0, 0.1) is 5.92 Å². The molecule has 0 saturated carbocycles. The van der Waals surface area contributed by atoms with Gasteiger partial charge in [0.1, 0.15) is 5.75 Å². The van der Waals surface area contributed by atoms with E-state index in [9.17, 15) is 5.11 Å². The van der Waals surface area contributed by atoms with Crippen molar-refractivity contribution in [2.24, 2.45) is 5.92 Å². The fourth-order valence-corrected chi connectivity index (χ4v) is 2.59. The fourth-order valence-electron chi connectivity index (χ4n) is 1.31. The maximum Gasteiger partial charge on any atom is 0.129 e. The van der Waals surface area contributed by atoms with Crippen LogP contribution in [0.1, 0.15) is 26.7 Å². The van der Waals surface area contributed by atoms with Crippen molar-refractivity contribution in [1.82, 2.24) is 0 Å². The van der Waals surface area contributed by atoms with Crippen LogP contribution in [0.2, 0.25) is 0 Å². The van der Waals surface area contributed by atoms with Gasteiger partial charge in [-0.3, -0.25) is 0 Å². The Bertz CT molecular complexity index is 269. The summed E-state index contributed by atoms with van der Waals surface area (Å²) in [5.74, 6) is 2.27. The number of hydrogen-bond acceptors (Lipinski definition) is 2. The van der Waals surface area contributed by atoms with Crippen molar-refractivity contribution >= 4 is 11.8 Å². The second kappa shape index (κ2) is 5.97. The van der Waals surface area contributed by atoms with Crippen molar-refractivity contribution in [3.05, 3.63) is 24.3 Å². The predicted octanol–water partition coefficient (Wildman–Crippen LogP) is 3.92. The monoisotopic (exact) mass is 210 g/mol. The molecule has 0 aliphatic carbocycles. The van der Waals surface area contributed by atoms with Gasteiger partial charge in [0.2, 0.25) is 0 Å². The highest BCUT2D eigenvalue weighted by molar-refractivity contribution is 7.99. The lowest BCUT2D eigenvalue weighted by atomic mass is 10.1. The molecular formula is C12H18OS. The molecule has 0 saturated heterocycles. The summed E-state index contributed by atoms with van der Waals surface area (Å²) in [7, 11) is 0. The van der Waals surface area contributed by atoms with Gasteiger partial charge >= 0.3 is 0 Å². The van der Waals surface area contributed by atoms with Crippen molar-refractivity contribution in [2.45, 2.75) is 31.6 Å². The molecule has 0 aliphatic rings. The number of para-hydroxylation sites is 1. The van der Waals surface area contributed by atoms with E-state index in [2.05, 4.69) is 13.8 Å². The first-order valence-corrected chi connectivity index (χ1v) is 6.17. The topological polar surface area (TPSA) is 20.2 Å². The van der Waals surface area contributed by atoms with E-state index >= 15 is 0 Å². The summed E-state index contributed by atoms with van der Waals surface area (Å²) in [5.41, 5.74) is 0. The molecule has 1 nitrogen and oxygen atoms in total. The van der Waals surface area contributed by atoms with Crippen LogP contribution < -0.4 is 0 Å². The Balaban J connectivity index is 2.49. The standard InChI is InChI=1S/C12H18OS/c1-3-10(4-2)9-14-12-8-6-5-7-11(12)13/h5-8,10,13H,3-4,9H2,1-2H3. The summed E-state index contributed by atoms with van der Waals surface area (Å²) >= 11 is 1.75. The van der Waals surface area contributed by atoms with Gasteiger partial charge in [-0.15, -0.1) is 11.8 Å². The number of aromatic hydroxyl groups is 1. The van der Waals surface area contributed by atoms with Crippen LogP contribution in [0.15, 0.2) is 29.2 Å². The van der Waals surface area contributed by atoms with Crippen LogP contribution in [0.4, 0.5) is 0 Å². The maximum atomic E-state index is 9.55. The molecule has 0 fully saturated rings. The molecule has 1 N–H and O–H groups in total. The molecule has 78 valence electrons. The molecule has 0 aliphatic heterocycles. The van der Waals surface area contributed by atoms with E-state index < -0.39 is 0 Å². The third kappa shape index (κ3) is 3.26. The van der Waals surface area contributed by atoms with E-state index in [1.54, 1.807) is 17.8 Å². The summed E-state index contributed by atoms with van der Waals surface area (Å²) < 4.78 is 0. The van der Waals surface area contributed by atoms with Crippen molar-refractivity contribution in [2.75, 3.05) is 5.75 Å². The first-order valence-electron chi connectivity index (χ1n) is 5.18. The lowest BCUT2D eigenvalue weighted by molar-refractivity contribution is 0.462. The molecule has 0 unspecified atom stereocenters. The molecule has 1 aromatic rings. The quantitative estimate of drug-likeness (QED) is 0.743. The SMILES string of the molecule is CCC(CC)CSc1ccccc1O. The Kier molecular flexibility index (Phi) is 4.88. The maximum absolute atomic E-state index is 9.55. The minimum absolute atomic E-state index is 0.406. The lowest BCUT2D eigenvalue weighted by Crippen LogP contribution is -1.99. The number of phenols is 1. The number of phenolic OH excluding ortho intramolecular Hbond substituents is 1. The van der Waals surface area contributed by atoms with Gasteiger partial charge in [-0.05, 0) is 18.1 Å².